The smallest absolute Gasteiger partial charge is 0.100 e. The Morgan fingerprint density at radius 3 is 2.58 bits per heavy atom. The van der Waals surface area contributed by atoms with Gasteiger partial charge >= 0.3 is 0 Å². The van der Waals surface area contributed by atoms with Gasteiger partial charge in [0.2, 0.25) is 0 Å². The molecule has 2 unspecified atom stereocenters. The molecule has 2 saturated heterocycles. The summed E-state index contributed by atoms with van der Waals surface area (Å²) in [6, 6.07) is 10.2. The van der Waals surface area contributed by atoms with Crippen molar-refractivity contribution >= 4 is 21.6 Å². The molecule has 0 spiro atoms. The lowest BCUT2D eigenvalue weighted by atomic mass is 9.98. The Labute approximate surface area is 122 Å². The van der Waals surface area contributed by atoms with Crippen LogP contribution < -0.4 is 10.2 Å². The number of piperidine rings is 1. The van der Waals surface area contributed by atoms with E-state index in [1.54, 1.807) is 0 Å². The van der Waals surface area contributed by atoms with Crippen molar-refractivity contribution in [3.63, 3.8) is 0 Å². The van der Waals surface area contributed by atoms with Crippen molar-refractivity contribution in [2.24, 2.45) is 0 Å². The molecule has 0 amide bonds. The number of fused-ring (bicyclic) bond motifs is 2. The number of nitriles is 1. The summed E-state index contributed by atoms with van der Waals surface area (Å²) in [4.78, 5) is 2.37. The lowest BCUT2D eigenvalue weighted by Crippen LogP contribution is -2.47. The number of hydrogen-bond acceptors (Lipinski definition) is 3. The van der Waals surface area contributed by atoms with Crippen LogP contribution in [-0.2, 0) is 0 Å². The molecule has 3 nitrogen and oxygen atoms in total. The number of halogens is 1. The number of hydrogen-bond donors (Lipinski definition) is 1. The summed E-state index contributed by atoms with van der Waals surface area (Å²) in [5.74, 6) is 0. The van der Waals surface area contributed by atoms with Crippen LogP contribution in [0.15, 0.2) is 22.7 Å². The highest BCUT2D eigenvalue weighted by Crippen LogP contribution is 2.32. The van der Waals surface area contributed by atoms with Crippen LogP contribution in [0.4, 0.5) is 5.69 Å². The summed E-state index contributed by atoms with van der Waals surface area (Å²) >= 11 is 3.47. The molecule has 2 bridgehead atoms. The second kappa shape index (κ2) is 5.15. The predicted molar refractivity (Wildman–Crippen MR) is 80.2 cm³/mol. The van der Waals surface area contributed by atoms with E-state index in [-0.39, 0.29) is 0 Å². The number of anilines is 1. The summed E-state index contributed by atoms with van der Waals surface area (Å²) in [6.07, 6.45) is 5.10. The summed E-state index contributed by atoms with van der Waals surface area (Å²) in [6.45, 7) is 0. The van der Waals surface area contributed by atoms with Crippen molar-refractivity contribution in [1.82, 2.24) is 5.32 Å². The second-order valence-corrected chi connectivity index (χ2v) is 6.50. The largest absolute Gasteiger partial charge is 0.371 e. The monoisotopic (exact) mass is 319 g/mol. The highest BCUT2D eigenvalue weighted by Gasteiger charge is 2.35. The Morgan fingerprint density at radius 2 is 2.00 bits per heavy atom. The zero-order valence-electron chi connectivity index (χ0n) is 11.1. The predicted octanol–water partition coefficient (Wildman–Crippen LogP) is 3.04. The van der Waals surface area contributed by atoms with E-state index >= 15 is 0 Å². The third-order valence-corrected chi connectivity index (χ3v) is 5.13. The summed E-state index contributed by atoms with van der Waals surface area (Å²) in [5, 5.41) is 12.6. The molecule has 19 heavy (non-hydrogen) atoms. The van der Waals surface area contributed by atoms with Crippen molar-refractivity contribution in [3.05, 3.63) is 28.2 Å². The third-order valence-electron chi connectivity index (χ3n) is 4.48. The number of nitrogens with one attached hydrogen (secondary N) is 1. The lowest BCUT2D eigenvalue weighted by Gasteiger charge is -2.37. The lowest BCUT2D eigenvalue weighted by molar-refractivity contribution is 0.355. The minimum atomic E-state index is 0.610. The van der Waals surface area contributed by atoms with Crippen LogP contribution in [0.3, 0.4) is 0 Å². The fourth-order valence-electron chi connectivity index (χ4n) is 3.37. The van der Waals surface area contributed by atoms with Gasteiger partial charge < -0.3 is 10.2 Å². The Kier molecular flexibility index (Phi) is 3.51. The quantitative estimate of drug-likeness (QED) is 0.910. The molecule has 1 N–H and O–H groups in total. The number of nitrogens with zero attached hydrogens (tertiary/aromatic N) is 2. The first-order valence-corrected chi connectivity index (χ1v) is 7.65. The van der Waals surface area contributed by atoms with Crippen molar-refractivity contribution in [1.29, 1.82) is 5.26 Å². The van der Waals surface area contributed by atoms with Gasteiger partial charge in [0, 0.05) is 35.3 Å². The van der Waals surface area contributed by atoms with E-state index in [0.29, 0.717) is 23.7 Å². The van der Waals surface area contributed by atoms with E-state index in [9.17, 15) is 0 Å². The van der Waals surface area contributed by atoms with Gasteiger partial charge in [0.25, 0.3) is 0 Å². The molecule has 1 aromatic carbocycles. The molecule has 2 fully saturated rings. The molecule has 0 aromatic heterocycles. The van der Waals surface area contributed by atoms with Crippen LogP contribution in [0.1, 0.15) is 31.2 Å². The first kappa shape index (κ1) is 13.0. The van der Waals surface area contributed by atoms with Crippen LogP contribution in [0.5, 0.6) is 0 Å². The molecule has 2 aliphatic heterocycles. The maximum Gasteiger partial charge on any atom is 0.100 e. The van der Waals surface area contributed by atoms with E-state index in [2.05, 4.69) is 45.3 Å². The molecule has 2 heterocycles. The highest BCUT2D eigenvalue weighted by atomic mass is 79.9. The molecule has 100 valence electrons. The second-order valence-electron chi connectivity index (χ2n) is 5.65. The fraction of sp³-hybridized carbons (Fsp3) is 0.533. The maximum absolute atomic E-state index is 8.97. The average Bonchev–Trinajstić information content (AvgIpc) is 2.76. The third kappa shape index (κ3) is 2.50. The molecule has 1 aromatic rings. The first-order chi connectivity index (χ1) is 9.17. The van der Waals surface area contributed by atoms with Gasteiger partial charge in [-0.25, -0.2) is 0 Å². The molecular formula is C15H18BrN3. The molecule has 0 saturated carbocycles. The fourth-order valence-corrected chi connectivity index (χ4v) is 3.82. The Balaban J connectivity index is 1.78. The van der Waals surface area contributed by atoms with Crippen LogP contribution in [0.25, 0.3) is 0 Å². The Bertz CT molecular complexity index is 511. The van der Waals surface area contributed by atoms with Crippen molar-refractivity contribution < 1.29 is 0 Å². The van der Waals surface area contributed by atoms with Crippen molar-refractivity contribution in [2.75, 3.05) is 11.9 Å². The van der Waals surface area contributed by atoms with Crippen molar-refractivity contribution in [2.45, 2.75) is 43.8 Å². The maximum atomic E-state index is 8.97. The summed E-state index contributed by atoms with van der Waals surface area (Å²) < 4.78 is 0.885. The van der Waals surface area contributed by atoms with Gasteiger partial charge in [-0.1, -0.05) is 0 Å². The molecule has 2 aliphatic rings. The zero-order valence-corrected chi connectivity index (χ0v) is 12.7. The normalized spacial score (nSPS) is 29.0. The standard InChI is InChI=1S/C15H18BrN3/c1-19(13-5-2-10(9-17)15(16)8-13)14-6-11-3-4-12(7-14)18-11/h2,5,8,11-12,14,18H,3-4,6-7H2,1H3. The molecule has 3 rings (SSSR count). The molecular weight excluding hydrogens is 302 g/mol. The number of rotatable bonds is 2. The number of benzene rings is 1. The van der Waals surface area contributed by atoms with Gasteiger partial charge in [-0.3, -0.25) is 0 Å². The van der Waals surface area contributed by atoms with Gasteiger partial charge in [0.1, 0.15) is 6.07 Å². The molecule has 0 radical (unpaired) electrons. The van der Waals surface area contributed by atoms with E-state index < -0.39 is 0 Å². The van der Waals surface area contributed by atoms with Gasteiger partial charge in [-0.2, -0.15) is 5.26 Å². The summed E-state index contributed by atoms with van der Waals surface area (Å²) in [7, 11) is 2.17. The first-order valence-electron chi connectivity index (χ1n) is 6.86. The van der Waals surface area contributed by atoms with Gasteiger partial charge in [0.15, 0.2) is 0 Å². The van der Waals surface area contributed by atoms with Gasteiger partial charge in [0.05, 0.1) is 5.56 Å². The Hall–Kier alpha value is -1.05. The van der Waals surface area contributed by atoms with Crippen LogP contribution >= 0.6 is 15.9 Å². The van der Waals surface area contributed by atoms with Crippen molar-refractivity contribution in [3.8, 4) is 6.07 Å². The minimum absolute atomic E-state index is 0.610. The van der Waals surface area contributed by atoms with E-state index in [1.807, 2.05) is 12.1 Å². The van der Waals surface area contributed by atoms with E-state index in [1.165, 1.54) is 31.4 Å². The zero-order chi connectivity index (χ0) is 13.4. The summed E-state index contributed by atoms with van der Waals surface area (Å²) in [5.41, 5.74) is 1.89. The average molecular weight is 320 g/mol. The van der Waals surface area contributed by atoms with Crippen LogP contribution in [0, 0.1) is 11.3 Å². The van der Waals surface area contributed by atoms with Gasteiger partial charge in [-0.05, 0) is 59.8 Å². The minimum Gasteiger partial charge on any atom is -0.371 e. The SMILES string of the molecule is CN(c1ccc(C#N)c(Br)c1)C1CC2CCC(C1)N2. The van der Waals surface area contributed by atoms with Crippen LogP contribution in [-0.4, -0.2) is 25.2 Å². The van der Waals surface area contributed by atoms with Crippen LogP contribution in [0.2, 0.25) is 0 Å². The van der Waals surface area contributed by atoms with E-state index in [4.69, 9.17) is 5.26 Å². The molecule has 4 heteroatoms. The highest BCUT2D eigenvalue weighted by molar-refractivity contribution is 9.10. The topological polar surface area (TPSA) is 39.1 Å². The van der Waals surface area contributed by atoms with E-state index in [0.717, 1.165) is 4.47 Å². The molecule has 0 aliphatic carbocycles. The Morgan fingerprint density at radius 1 is 1.32 bits per heavy atom. The van der Waals surface area contributed by atoms with Gasteiger partial charge in [-0.15, -0.1) is 0 Å². The molecule has 2 atom stereocenters.